The number of hydrogen-bond donors (Lipinski definition) is 1. The first-order valence-electron chi connectivity index (χ1n) is 5.62. The lowest BCUT2D eigenvalue weighted by molar-refractivity contribution is -0.120. The van der Waals surface area contributed by atoms with Crippen LogP contribution in [0.2, 0.25) is 5.02 Å². The molecule has 1 amide bonds. The maximum atomic E-state index is 11.1. The van der Waals surface area contributed by atoms with Crippen LogP contribution in [0.25, 0.3) is 11.0 Å². The van der Waals surface area contributed by atoms with E-state index in [2.05, 4.69) is 10.5 Å². The molecule has 0 aliphatic heterocycles. The topological polar surface area (TPSA) is 54.6 Å². The lowest BCUT2D eigenvalue weighted by Crippen LogP contribution is -2.17. The molecule has 94 valence electrons. The third kappa shape index (κ3) is 2.71. The second-order valence-electron chi connectivity index (χ2n) is 3.88. The van der Waals surface area contributed by atoms with E-state index in [1.54, 1.807) is 26.0 Å². The molecule has 5 heteroatoms. The maximum Gasteiger partial charge on any atom is 0.239 e. The summed E-state index contributed by atoms with van der Waals surface area (Å²) in [7, 11) is 0. The maximum absolute atomic E-state index is 11.1. The Hall–Kier alpha value is -1.81. The van der Waals surface area contributed by atoms with Crippen LogP contribution in [0.4, 0.5) is 0 Å². The number of amides is 1. The minimum absolute atomic E-state index is 0.131. The van der Waals surface area contributed by atoms with Crippen LogP contribution in [-0.2, 0) is 4.79 Å². The van der Waals surface area contributed by atoms with Gasteiger partial charge in [-0.05, 0) is 31.2 Å². The van der Waals surface area contributed by atoms with E-state index >= 15 is 0 Å². The van der Waals surface area contributed by atoms with E-state index in [9.17, 15) is 4.79 Å². The first-order valence-corrected chi connectivity index (χ1v) is 6.00. The van der Waals surface area contributed by atoms with Gasteiger partial charge in [0.2, 0.25) is 5.91 Å². The summed E-state index contributed by atoms with van der Waals surface area (Å²) in [5, 5.41) is 5.54. The zero-order valence-corrected chi connectivity index (χ0v) is 10.9. The molecule has 0 saturated carbocycles. The van der Waals surface area contributed by atoms with Gasteiger partial charge in [-0.15, -0.1) is 0 Å². The number of furan rings is 1. The predicted octanol–water partition coefficient (Wildman–Crippen LogP) is 3.34. The van der Waals surface area contributed by atoms with Crippen molar-refractivity contribution in [1.29, 1.82) is 0 Å². The van der Waals surface area contributed by atoms with Crippen molar-refractivity contribution in [1.82, 2.24) is 5.43 Å². The fourth-order valence-corrected chi connectivity index (χ4v) is 1.65. The van der Waals surface area contributed by atoms with Crippen molar-refractivity contribution in [2.45, 2.75) is 20.3 Å². The fraction of sp³-hybridized carbons (Fsp3) is 0.231. The first kappa shape index (κ1) is 12.6. The summed E-state index contributed by atoms with van der Waals surface area (Å²) in [5.41, 5.74) is 3.81. The van der Waals surface area contributed by atoms with Crippen molar-refractivity contribution < 1.29 is 9.21 Å². The summed E-state index contributed by atoms with van der Waals surface area (Å²) in [6.45, 7) is 3.54. The Kier molecular flexibility index (Phi) is 3.67. The number of fused-ring (bicyclic) bond motifs is 1. The molecule has 2 aromatic rings. The fourth-order valence-electron chi connectivity index (χ4n) is 1.47. The molecule has 2 rings (SSSR count). The summed E-state index contributed by atoms with van der Waals surface area (Å²) in [6.07, 6.45) is 0.395. The Morgan fingerprint density at radius 1 is 1.44 bits per heavy atom. The van der Waals surface area contributed by atoms with Crippen LogP contribution in [0.5, 0.6) is 0 Å². The predicted molar refractivity (Wildman–Crippen MR) is 71.9 cm³/mol. The van der Waals surface area contributed by atoms with E-state index in [0.29, 0.717) is 22.9 Å². The summed E-state index contributed by atoms with van der Waals surface area (Å²) < 4.78 is 5.61. The highest BCUT2D eigenvalue weighted by atomic mass is 35.5. The summed E-state index contributed by atoms with van der Waals surface area (Å²) in [5.74, 6) is 0.483. The molecule has 4 nitrogen and oxygen atoms in total. The van der Waals surface area contributed by atoms with Crippen molar-refractivity contribution in [2.75, 3.05) is 0 Å². The second kappa shape index (κ2) is 5.23. The molecule has 0 unspecified atom stereocenters. The van der Waals surface area contributed by atoms with Crippen molar-refractivity contribution in [3.8, 4) is 0 Å². The molecule has 1 aromatic heterocycles. The van der Waals surface area contributed by atoms with E-state index < -0.39 is 0 Å². The van der Waals surface area contributed by atoms with Gasteiger partial charge in [-0.25, -0.2) is 5.43 Å². The van der Waals surface area contributed by atoms with Gasteiger partial charge in [-0.2, -0.15) is 5.10 Å². The Balaban J connectivity index is 2.28. The summed E-state index contributed by atoms with van der Waals surface area (Å²) in [4.78, 5) is 11.1. The number of carbonyl (C=O) groups is 1. The molecule has 1 N–H and O–H groups in total. The van der Waals surface area contributed by atoms with Crippen molar-refractivity contribution in [2.24, 2.45) is 5.10 Å². The third-order valence-corrected chi connectivity index (χ3v) is 2.74. The van der Waals surface area contributed by atoms with Gasteiger partial charge < -0.3 is 4.42 Å². The molecule has 0 spiro atoms. The highest BCUT2D eigenvalue weighted by Crippen LogP contribution is 2.23. The van der Waals surface area contributed by atoms with Gasteiger partial charge in [0.25, 0.3) is 0 Å². The lowest BCUT2D eigenvalue weighted by atomic mass is 10.2. The third-order valence-electron chi connectivity index (χ3n) is 2.50. The molecule has 18 heavy (non-hydrogen) atoms. The van der Waals surface area contributed by atoms with Crippen LogP contribution in [0, 0.1) is 0 Å². The van der Waals surface area contributed by atoms with Crippen molar-refractivity contribution >= 4 is 34.2 Å². The molecule has 0 aliphatic carbocycles. The van der Waals surface area contributed by atoms with Gasteiger partial charge in [-0.3, -0.25) is 4.79 Å². The number of nitrogens with zero attached hydrogens (tertiary/aromatic N) is 1. The van der Waals surface area contributed by atoms with Gasteiger partial charge in [0, 0.05) is 16.8 Å². The monoisotopic (exact) mass is 264 g/mol. The van der Waals surface area contributed by atoms with Crippen LogP contribution >= 0.6 is 11.6 Å². The van der Waals surface area contributed by atoms with Crippen molar-refractivity contribution in [3.63, 3.8) is 0 Å². The minimum Gasteiger partial charge on any atom is -0.455 e. The van der Waals surface area contributed by atoms with Crippen LogP contribution in [0.1, 0.15) is 26.0 Å². The van der Waals surface area contributed by atoms with E-state index in [4.69, 9.17) is 16.0 Å². The van der Waals surface area contributed by atoms with Crippen LogP contribution in [0.15, 0.2) is 33.8 Å². The standard InChI is InChI=1S/C13H13ClN2O2/c1-3-13(17)16-15-8(2)12-7-9-6-10(14)4-5-11(9)18-12/h4-7H,3H2,1-2H3,(H,16,17). The Morgan fingerprint density at radius 2 is 2.22 bits per heavy atom. The number of carbonyl (C=O) groups excluding carboxylic acids is 1. The SMILES string of the molecule is CCC(=O)NN=C(C)c1cc2cc(Cl)ccc2o1. The summed E-state index contributed by atoms with van der Waals surface area (Å²) in [6, 6.07) is 7.24. The Labute approximate surface area is 110 Å². The average Bonchev–Trinajstić information content (AvgIpc) is 2.78. The normalized spacial score (nSPS) is 11.8. The number of hydrogen-bond acceptors (Lipinski definition) is 3. The largest absolute Gasteiger partial charge is 0.455 e. The minimum atomic E-state index is -0.131. The zero-order valence-electron chi connectivity index (χ0n) is 10.2. The highest BCUT2D eigenvalue weighted by Gasteiger charge is 2.07. The van der Waals surface area contributed by atoms with E-state index in [1.165, 1.54) is 0 Å². The molecule has 1 aromatic carbocycles. The average molecular weight is 265 g/mol. The Morgan fingerprint density at radius 3 is 2.94 bits per heavy atom. The van der Waals surface area contributed by atoms with Crippen LogP contribution in [-0.4, -0.2) is 11.6 Å². The molecule has 0 saturated heterocycles. The molecular formula is C13H13ClN2O2. The van der Waals surface area contributed by atoms with Crippen molar-refractivity contribution in [3.05, 3.63) is 35.0 Å². The van der Waals surface area contributed by atoms with Crippen LogP contribution < -0.4 is 5.43 Å². The summed E-state index contributed by atoms with van der Waals surface area (Å²) >= 11 is 5.90. The van der Waals surface area contributed by atoms with Gasteiger partial charge >= 0.3 is 0 Å². The lowest BCUT2D eigenvalue weighted by Gasteiger charge is -1.97. The van der Waals surface area contributed by atoms with Crippen LogP contribution in [0.3, 0.4) is 0 Å². The molecule has 0 radical (unpaired) electrons. The molecule has 0 atom stereocenters. The van der Waals surface area contributed by atoms with Gasteiger partial charge in [0.05, 0.1) is 0 Å². The van der Waals surface area contributed by atoms with E-state index in [1.807, 2.05) is 12.1 Å². The smallest absolute Gasteiger partial charge is 0.239 e. The number of benzene rings is 1. The molecule has 0 bridgehead atoms. The molecule has 1 heterocycles. The number of halogens is 1. The van der Waals surface area contributed by atoms with Gasteiger partial charge in [0.1, 0.15) is 11.3 Å². The molecule has 0 fully saturated rings. The number of hydrazone groups is 1. The first-order chi connectivity index (χ1) is 8.60. The number of rotatable bonds is 3. The molecular weight excluding hydrogens is 252 g/mol. The second-order valence-corrected chi connectivity index (χ2v) is 4.31. The van der Waals surface area contributed by atoms with Gasteiger partial charge in [-0.1, -0.05) is 18.5 Å². The quantitative estimate of drug-likeness (QED) is 0.683. The zero-order chi connectivity index (χ0) is 13.1. The Bertz CT molecular complexity index is 616. The number of nitrogens with one attached hydrogen (secondary N) is 1. The highest BCUT2D eigenvalue weighted by molar-refractivity contribution is 6.31. The van der Waals surface area contributed by atoms with E-state index in [-0.39, 0.29) is 5.91 Å². The molecule has 0 aliphatic rings. The van der Waals surface area contributed by atoms with Gasteiger partial charge in [0.15, 0.2) is 5.76 Å². The van der Waals surface area contributed by atoms with E-state index in [0.717, 1.165) is 11.0 Å².